The molecule has 0 spiro atoms. The first kappa shape index (κ1) is 7.82. The smallest absolute Gasteiger partial charge is 0.0867 e. The lowest BCUT2D eigenvalue weighted by Crippen LogP contribution is -2.13. The Morgan fingerprint density at radius 1 is 1.45 bits per heavy atom. The standard InChI is InChI=1S/C9H10O2/c1-7-2-3-8(5-10)9(4-7)6-11/h2-5,10-11H,1,6H2/b8-5-. The highest BCUT2D eigenvalue weighted by Gasteiger charge is 1.90. The maximum Gasteiger partial charge on any atom is 0.0867 e. The van der Waals surface area contributed by atoms with Crippen molar-refractivity contribution < 1.29 is 10.2 Å². The quantitative estimate of drug-likeness (QED) is 0.586. The molecule has 0 heterocycles. The van der Waals surface area contributed by atoms with Gasteiger partial charge in [0.05, 0.1) is 12.9 Å². The van der Waals surface area contributed by atoms with Crippen LogP contribution < -0.4 is 10.4 Å². The van der Waals surface area contributed by atoms with Crippen LogP contribution in [-0.2, 0) is 6.61 Å². The second-order valence-corrected chi connectivity index (χ2v) is 2.32. The molecular weight excluding hydrogens is 140 g/mol. The van der Waals surface area contributed by atoms with E-state index in [4.69, 9.17) is 10.2 Å². The number of hydrogen-bond donors (Lipinski definition) is 2. The molecule has 0 aliphatic carbocycles. The van der Waals surface area contributed by atoms with Gasteiger partial charge in [-0.05, 0) is 16.8 Å². The largest absolute Gasteiger partial charge is 0.515 e. The Bertz CT molecular complexity index is 341. The lowest BCUT2D eigenvalue weighted by molar-refractivity contribution is 0.280. The van der Waals surface area contributed by atoms with Gasteiger partial charge in [-0.1, -0.05) is 18.7 Å². The van der Waals surface area contributed by atoms with Crippen molar-refractivity contribution in [2.75, 3.05) is 0 Å². The molecule has 0 bridgehead atoms. The summed E-state index contributed by atoms with van der Waals surface area (Å²) in [6.45, 7) is 3.62. The summed E-state index contributed by atoms with van der Waals surface area (Å²) in [5, 5.41) is 19.0. The third kappa shape index (κ3) is 1.59. The van der Waals surface area contributed by atoms with Gasteiger partial charge in [-0.15, -0.1) is 0 Å². The second-order valence-electron chi connectivity index (χ2n) is 2.32. The predicted octanol–water partition coefficient (Wildman–Crippen LogP) is -0.115. The minimum absolute atomic E-state index is 0.0737. The first-order chi connectivity index (χ1) is 5.27. The van der Waals surface area contributed by atoms with Crippen molar-refractivity contribution in [3.8, 4) is 0 Å². The Labute approximate surface area is 64.7 Å². The second kappa shape index (κ2) is 3.21. The van der Waals surface area contributed by atoms with Gasteiger partial charge < -0.3 is 10.2 Å². The third-order valence-corrected chi connectivity index (χ3v) is 1.52. The van der Waals surface area contributed by atoms with Crippen LogP contribution in [0.25, 0.3) is 12.8 Å². The molecule has 0 aliphatic rings. The highest BCUT2D eigenvalue weighted by molar-refractivity contribution is 5.26. The highest BCUT2D eigenvalue weighted by atomic mass is 16.3. The van der Waals surface area contributed by atoms with E-state index in [1.54, 1.807) is 18.2 Å². The van der Waals surface area contributed by atoms with E-state index < -0.39 is 0 Å². The Morgan fingerprint density at radius 3 is 2.73 bits per heavy atom. The summed E-state index contributed by atoms with van der Waals surface area (Å²) < 4.78 is 0. The lowest BCUT2D eigenvalue weighted by Gasteiger charge is -1.95. The van der Waals surface area contributed by atoms with Crippen LogP contribution in [0.15, 0.2) is 18.2 Å². The third-order valence-electron chi connectivity index (χ3n) is 1.52. The average molecular weight is 150 g/mol. The number of aliphatic hydroxyl groups excluding tert-OH is 2. The normalized spacial score (nSPS) is 11.9. The summed E-state index contributed by atoms with van der Waals surface area (Å²) in [6.07, 6.45) is 0.977. The van der Waals surface area contributed by atoms with Crippen LogP contribution in [0.5, 0.6) is 0 Å². The van der Waals surface area contributed by atoms with E-state index in [0.717, 1.165) is 11.5 Å². The van der Waals surface area contributed by atoms with Crippen LogP contribution in [0, 0.1) is 0 Å². The van der Waals surface area contributed by atoms with Gasteiger partial charge in [-0.25, -0.2) is 0 Å². The highest BCUT2D eigenvalue weighted by Crippen LogP contribution is 1.84. The maximum absolute atomic E-state index is 8.82. The predicted molar refractivity (Wildman–Crippen MR) is 44.2 cm³/mol. The zero-order chi connectivity index (χ0) is 8.27. The van der Waals surface area contributed by atoms with Crippen molar-refractivity contribution in [3.05, 3.63) is 34.2 Å². The van der Waals surface area contributed by atoms with E-state index in [1.807, 2.05) is 0 Å². The Hall–Kier alpha value is -1.28. The Kier molecular flexibility index (Phi) is 2.28. The van der Waals surface area contributed by atoms with Gasteiger partial charge in [0.2, 0.25) is 0 Å². The zero-order valence-electron chi connectivity index (χ0n) is 6.12. The van der Waals surface area contributed by atoms with Gasteiger partial charge in [0.25, 0.3) is 0 Å². The molecule has 0 unspecified atom stereocenters. The van der Waals surface area contributed by atoms with Crippen molar-refractivity contribution in [1.82, 2.24) is 0 Å². The maximum atomic E-state index is 8.82. The van der Waals surface area contributed by atoms with Crippen LogP contribution in [0.4, 0.5) is 0 Å². The fraction of sp³-hybridized carbons (Fsp3) is 0.111. The fourth-order valence-electron chi connectivity index (χ4n) is 0.922. The number of aliphatic hydroxyl groups is 2. The van der Waals surface area contributed by atoms with Crippen molar-refractivity contribution in [1.29, 1.82) is 0 Å². The van der Waals surface area contributed by atoms with E-state index in [9.17, 15) is 0 Å². The minimum atomic E-state index is -0.0737. The summed E-state index contributed by atoms with van der Waals surface area (Å²) in [7, 11) is 0. The molecule has 0 aromatic heterocycles. The molecule has 0 atom stereocenters. The number of rotatable bonds is 1. The number of benzene rings is 1. The molecule has 0 fully saturated rings. The van der Waals surface area contributed by atoms with E-state index in [1.165, 1.54) is 0 Å². The lowest BCUT2D eigenvalue weighted by atomic mass is 10.1. The van der Waals surface area contributed by atoms with E-state index in [2.05, 4.69) is 6.58 Å². The molecule has 2 heteroatoms. The van der Waals surface area contributed by atoms with Crippen LogP contribution in [0.1, 0.15) is 5.56 Å². The monoisotopic (exact) mass is 150 g/mol. The molecule has 0 aliphatic heterocycles. The molecule has 11 heavy (non-hydrogen) atoms. The van der Waals surface area contributed by atoms with Crippen molar-refractivity contribution in [3.63, 3.8) is 0 Å². The summed E-state index contributed by atoms with van der Waals surface area (Å²) in [4.78, 5) is 0. The summed E-state index contributed by atoms with van der Waals surface area (Å²) in [6, 6.07) is 5.23. The van der Waals surface area contributed by atoms with Crippen molar-refractivity contribution in [2.24, 2.45) is 0 Å². The molecule has 58 valence electrons. The zero-order valence-corrected chi connectivity index (χ0v) is 6.12. The average Bonchev–Trinajstić information content (AvgIpc) is 2.04. The van der Waals surface area contributed by atoms with Gasteiger partial charge in [0.1, 0.15) is 0 Å². The fourth-order valence-corrected chi connectivity index (χ4v) is 0.922. The summed E-state index contributed by atoms with van der Waals surface area (Å²) in [5.41, 5.74) is 0.694. The molecule has 0 amide bonds. The minimum Gasteiger partial charge on any atom is -0.515 e. The van der Waals surface area contributed by atoms with Gasteiger partial charge >= 0.3 is 0 Å². The molecule has 0 radical (unpaired) electrons. The van der Waals surface area contributed by atoms with Crippen molar-refractivity contribution >= 4 is 12.8 Å². The molecule has 0 saturated carbocycles. The van der Waals surface area contributed by atoms with Crippen LogP contribution in [-0.4, -0.2) is 10.2 Å². The first-order valence-electron chi connectivity index (χ1n) is 3.31. The topological polar surface area (TPSA) is 40.5 Å². The van der Waals surface area contributed by atoms with Gasteiger partial charge in [-0.2, -0.15) is 0 Å². The van der Waals surface area contributed by atoms with Gasteiger partial charge in [0.15, 0.2) is 0 Å². The molecule has 1 aromatic carbocycles. The molecule has 2 N–H and O–H groups in total. The SMILES string of the molecule is C=c1cc/c(=C/O)c(CO)c1. The Morgan fingerprint density at radius 2 is 2.18 bits per heavy atom. The van der Waals surface area contributed by atoms with Crippen molar-refractivity contribution in [2.45, 2.75) is 6.61 Å². The molecular formula is C9H10O2. The summed E-state index contributed by atoms with van der Waals surface area (Å²) in [5.74, 6) is 0. The van der Waals surface area contributed by atoms with Crippen LogP contribution in [0.3, 0.4) is 0 Å². The van der Waals surface area contributed by atoms with Gasteiger partial charge in [-0.3, -0.25) is 0 Å². The molecule has 0 saturated heterocycles. The first-order valence-corrected chi connectivity index (χ1v) is 3.31. The number of hydrogen-bond acceptors (Lipinski definition) is 2. The molecule has 2 nitrogen and oxygen atoms in total. The van der Waals surface area contributed by atoms with E-state index in [0.29, 0.717) is 10.8 Å². The molecule has 1 rings (SSSR count). The van der Waals surface area contributed by atoms with E-state index >= 15 is 0 Å². The Balaban J connectivity index is 3.40. The van der Waals surface area contributed by atoms with Gasteiger partial charge in [0, 0.05) is 5.22 Å². The summed E-state index contributed by atoms with van der Waals surface area (Å²) >= 11 is 0. The van der Waals surface area contributed by atoms with Crippen LogP contribution in [0.2, 0.25) is 0 Å². The molecule has 1 aromatic rings. The van der Waals surface area contributed by atoms with E-state index in [-0.39, 0.29) is 6.61 Å². The van der Waals surface area contributed by atoms with Crippen LogP contribution >= 0.6 is 0 Å².